The number of aromatic nitrogens is 1. The van der Waals surface area contributed by atoms with E-state index in [4.69, 9.17) is 5.26 Å². The molecule has 20 heavy (non-hydrogen) atoms. The van der Waals surface area contributed by atoms with Crippen molar-refractivity contribution >= 4 is 5.82 Å². The summed E-state index contributed by atoms with van der Waals surface area (Å²) in [4.78, 5) is 7.53. The molecule has 0 N–H and O–H groups in total. The maximum absolute atomic E-state index is 12.7. The first-order valence-electron chi connectivity index (χ1n) is 6.26. The largest absolute Gasteiger partial charge is 0.433 e. The van der Waals surface area contributed by atoms with E-state index in [2.05, 4.69) is 9.88 Å². The van der Waals surface area contributed by atoms with Gasteiger partial charge in [-0.25, -0.2) is 4.98 Å². The molecule has 1 saturated heterocycles. The first kappa shape index (κ1) is 14.6. The highest BCUT2D eigenvalue weighted by molar-refractivity contribution is 5.55. The second-order valence-corrected chi connectivity index (χ2v) is 4.95. The molecule has 0 spiro atoms. The number of nitriles is 1. The van der Waals surface area contributed by atoms with Crippen LogP contribution in [0.3, 0.4) is 0 Å². The number of alkyl halides is 3. The summed E-state index contributed by atoms with van der Waals surface area (Å²) in [6.45, 7) is 3.83. The van der Waals surface area contributed by atoms with Gasteiger partial charge in [0.25, 0.3) is 0 Å². The average Bonchev–Trinajstić information content (AvgIpc) is 2.40. The van der Waals surface area contributed by atoms with E-state index in [1.54, 1.807) is 4.90 Å². The van der Waals surface area contributed by atoms with Gasteiger partial charge in [-0.3, -0.25) is 0 Å². The van der Waals surface area contributed by atoms with Crippen molar-refractivity contribution in [1.29, 1.82) is 5.26 Å². The number of hydrogen-bond acceptors (Lipinski definition) is 4. The molecule has 0 aliphatic carbocycles. The standard InChI is InChI=1S/C13H15F3N4/c1-9-8-20(6-5-19(9)2)12-10(7-17)3-4-11(18-12)13(14,15)16/h3-4,9H,5-6,8H2,1-2H3. The van der Waals surface area contributed by atoms with Crippen molar-refractivity contribution in [3.63, 3.8) is 0 Å². The van der Waals surface area contributed by atoms with Crippen LogP contribution in [-0.4, -0.2) is 42.6 Å². The quantitative estimate of drug-likeness (QED) is 0.792. The third-order valence-corrected chi connectivity index (χ3v) is 3.55. The Bertz CT molecular complexity index is 535. The van der Waals surface area contributed by atoms with Gasteiger partial charge in [-0.15, -0.1) is 0 Å². The smallest absolute Gasteiger partial charge is 0.353 e. The maximum atomic E-state index is 12.7. The van der Waals surface area contributed by atoms with Gasteiger partial charge in [-0.05, 0) is 26.1 Å². The van der Waals surface area contributed by atoms with E-state index in [0.29, 0.717) is 13.1 Å². The number of piperazine rings is 1. The summed E-state index contributed by atoms with van der Waals surface area (Å²) in [5.74, 6) is 0.127. The van der Waals surface area contributed by atoms with E-state index in [0.717, 1.165) is 12.6 Å². The number of hydrogen-bond donors (Lipinski definition) is 0. The van der Waals surface area contributed by atoms with Crippen molar-refractivity contribution in [2.24, 2.45) is 0 Å². The molecule has 1 aromatic heterocycles. The molecular weight excluding hydrogens is 269 g/mol. The fraction of sp³-hybridized carbons (Fsp3) is 0.538. The van der Waals surface area contributed by atoms with Crippen molar-refractivity contribution < 1.29 is 13.2 Å². The van der Waals surface area contributed by atoms with Crippen molar-refractivity contribution in [2.45, 2.75) is 19.1 Å². The second kappa shape index (κ2) is 5.29. The van der Waals surface area contributed by atoms with Gasteiger partial charge >= 0.3 is 6.18 Å². The predicted octanol–water partition coefficient (Wildman–Crippen LogP) is 2.11. The minimum absolute atomic E-state index is 0.127. The topological polar surface area (TPSA) is 43.2 Å². The molecule has 1 aromatic rings. The fourth-order valence-corrected chi connectivity index (χ4v) is 2.18. The minimum atomic E-state index is -4.50. The molecule has 0 radical (unpaired) electrons. The molecule has 0 aromatic carbocycles. The molecule has 0 bridgehead atoms. The number of nitrogens with zero attached hydrogens (tertiary/aromatic N) is 4. The summed E-state index contributed by atoms with van der Waals surface area (Å²) in [5, 5.41) is 9.05. The zero-order valence-electron chi connectivity index (χ0n) is 11.3. The van der Waals surface area contributed by atoms with Crippen molar-refractivity contribution in [2.75, 3.05) is 31.6 Å². The second-order valence-electron chi connectivity index (χ2n) is 4.95. The summed E-state index contributed by atoms with van der Waals surface area (Å²) in [6, 6.07) is 4.15. The number of likely N-dealkylation sites (N-methyl/N-ethyl adjacent to an activating group) is 1. The summed E-state index contributed by atoms with van der Waals surface area (Å²) < 4.78 is 38.2. The zero-order chi connectivity index (χ0) is 14.9. The first-order valence-corrected chi connectivity index (χ1v) is 6.26. The Kier molecular flexibility index (Phi) is 3.86. The van der Waals surface area contributed by atoms with Crippen LogP contribution in [0.4, 0.5) is 19.0 Å². The Balaban J connectivity index is 2.37. The highest BCUT2D eigenvalue weighted by Crippen LogP contribution is 2.31. The lowest BCUT2D eigenvalue weighted by molar-refractivity contribution is -0.141. The van der Waals surface area contributed by atoms with Gasteiger partial charge in [-0.2, -0.15) is 18.4 Å². The monoisotopic (exact) mass is 284 g/mol. The van der Waals surface area contributed by atoms with Crippen LogP contribution in [0.1, 0.15) is 18.2 Å². The summed E-state index contributed by atoms with van der Waals surface area (Å²) in [7, 11) is 1.97. The molecule has 1 aliphatic rings. The third-order valence-electron chi connectivity index (χ3n) is 3.55. The number of anilines is 1. The van der Waals surface area contributed by atoms with E-state index in [1.807, 2.05) is 20.0 Å². The Labute approximate surface area is 115 Å². The SMILES string of the molecule is CC1CN(c2nc(C(F)(F)F)ccc2C#N)CCN1C. The number of rotatable bonds is 1. The molecule has 1 aliphatic heterocycles. The van der Waals surface area contributed by atoms with Gasteiger partial charge in [0.2, 0.25) is 0 Å². The molecule has 0 saturated carbocycles. The minimum Gasteiger partial charge on any atom is -0.353 e. The number of halogens is 3. The number of pyridine rings is 1. The van der Waals surface area contributed by atoms with Gasteiger partial charge in [0.15, 0.2) is 0 Å². The molecule has 1 unspecified atom stereocenters. The normalized spacial score (nSPS) is 20.8. The predicted molar refractivity (Wildman–Crippen MR) is 68.3 cm³/mol. The maximum Gasteiger partial charge on any atom is 0.433 e. The highest BCUT2D eigenvalue weighted by Gasteiger charge is 2.34. The van der Waals surface area contributed by atoms with Crippen LogP contribution in [0.25, 0.3) is 0 Å². The molecule has 4 nitrogen and oxygen atoms in total. The van der Waals surface area contributed by atoms with Crippen LogP contribution in [0.15, 0.2) is 12.1 Å². The lowest BCUT2D eigenvalue weighted by atomic mass is 10.1. The van der Waals surface area contributed by atoms with Crippen LogP contribution in [0, 0.1) is 11.3 Å². The Morgan fingerprint density at radius 2 is 2.05 bits per heavy atom. The van der Waals surface area contributed by atoms with Gasteiger partial charge < -0.3 is 9.80 Å². The lowest BCUT2D eigenvalue weighted by Crippen LogP contribution is -2.50. The molecule has 1 atom stereocenters. The summed E-state index contributed by atoms with van der Waals surface area (Å²) >= 11 is 0. The fourth-order valence-electron chi connectivity index (χ4n) is 2.18. The highest BCUT2D eigenvalue weighted by atomic mass is 19.4. The molecular formula is C13H15F3N4. The van der Waals surface area contributed by atoms with E-state index in [9.17, 15) is 13.2 Å². The van der Waals surface area contributed by atoms with Crippen molar-refractivity contribution in [3.05, 3.63) is 23.4 Å². The van der Waals surface area contributed by atoms with Crippen LogP contribution < -0.4 is 4.90 Å². The van der Waals surface area contributed by atoms with Gasteiger partial charge in [-0.1, -0.05) is 0 Å². The van der Waals surface area contributed by atoms with Crippen LogP contribution >= 0.6 is 0 Å². The van der Waals surface area contributed by atoms with Gasteiger partial charge in [0.05, 0.1) is 5.56 Å². The Morgan fingerprint density at radius 1 is 1.35 bits per heavy atom. The average molecular weight is 284 g/mol. The molecule has 7 heteroatoms. The van der Waals surface area contributed by atoms with Crippen LogP contribution in [0.2, 0.25) is 0 Å². The van der Waals surface area contributed by atoms with Crippen molar-refractivity contribution in [3.8, 4) is 6.07 Å². The van der Waals surface area contributed by atoms with Crippen LogP contribution in [-0.2, 0) is 6.18 Å². The zero-order valence-corrected chi connectivity index (χ0v) is 11.3. The summed E-state index contributed by atoms with van der Waals surface area (Å²) in [6.07, 6.45) is -4.50. The lowest BCUT2D eigenvalue weighted by Gasteiger charge is -2.38. The molecule has 2 heterocycles. The molecule has 108 valence electrons. The molecule has 1 fully saturated rings. The van der Waals surface area contributed by atoms with E-state index in [1.165, 1.54) is 6.07 Å². The van der Waals surface area contributed by atoms with E-state index in [-0.39, 0.29) is 17.4 Å². The van der Waals surface area contributed by atoms with E-state index < -0.39 is 11.9 Å². The molecule has 0 amide bonds. The molecule has 2 rings (SSSR count). The Hall–Kier alpha value is -1.81. The summed E-state index contributed by atoms with van der Waals surface area (Å²) in [5.41, 5.74) is -0.784. The van der Waals surface area contributed by atoms with Crippen LogP contribution in [0.5, 0.6) is 0 Å². The Morgan fingerprint density at radius 3 is 2.60 bits per heavy atom. The third kappa shape index (κ3) is 2.85. The first-order chi connectivity index (χ1) is 9.32. The van der Waals surface area contributed by atoms with Crippen molar-refractivity contribution in [1.82, 2.24) is 9.88 Å². The van der Waals surface area contributed by atoms with Gasteiger partial charge in [0, 0.05) is 25.7 Å². The van der Waals surface area contributed by atoms with Gasteiger partial charge in [0.1, 0.15) is 17.6 Å². The van der Waals surface area contributed by atoms with E-state index >= 15 is 0 Å².